The van der Waals surface area contributed by atoms with E-state index < -0.39 is 0 Å². The molecule has 0 fully saturated rings. The fraction of sp³-hybridized carbons (Fsp3) is 0.357. The maximum atomic E-state index is 13.1. The highest BCUT2D eigenvalue weighted by Gasteiger charge is 2.10. The lowest BCUT2D eigenvalue weighted by Gasteiger charge is -2.10. The first-order chi connectivity index (χ1) is 10.1. The van der Waals surface area contributed by atoms with E-state index in [0.717, 1.165) is 0 Å². The van der Waals surface area contributed by atoms with Crippen molar-refractivity contribution in [3.8, 4) is 17.8 Å². The largest absolute Gasteiger partial charge is 0.464 e. The third kappa shape index (κ3) is 4.01. The van der Waals surface area contributed by atoms with Gasteiger partial charge in [0.2, 0.25) is 5.95 Å². The molecule has 0 aliphatic rings. The molecule has 2 aromatic rings. The van der Waals surface area contributed by atoms with Crippen LogP contribution in [0.2, 0.25) is 0 Å². The molecule has 1 N–H and O–H groups in total. The van der Waals surface area contributed by atoms with Gasteiger partial charge in [-0.3, -0.25) is 0 Å². The summed E-state index contributed by atoms with van der Waals surface area (Å²) in [5.41, 5.74) is 0.651. The van der Waals surface area contributed by atoms with Crippen molar-refractivity contribution >= 4 is 5.95 Å². The number of halogens is 1. The molecule has 1 heterocycles. The van der Waals surface area contributed by atoms with Crippen molar-refractivity contribution in [2.75, 3.05) is 18.5 Å². The first-order valence-corrected chi connectivity index (χ1v) is 6.69. The number of hydrogen-bond acceptors (Lipinski definition) is 6. The number of rotatable bonds is 6. The molecular formula is C14H17FN4O2. The number of hydrogen-bond donors (Lipinski definition) is 1. The number of nitrogens with zero attached hydrogens (tertiary/aromatic N) is 3. The summed E-state index contributed by atoms with van der Waals surface area (Å²) in [6.45, 7) is 6.60. The Morgan fingerprint density at radius 1 is 1.14 bits per heavy atom. The molecule has 0 atom stereocenters. The first kappa shape index (κ1) is 15.0. The number of benzene rings is 1. The standard InChI is InChI=1S/C14H17FN4O2/c1-4-16-12-17-13(20-5-2)19-14(18-12)21-11-7-6-10(15)8-9(11)3/h6-8H,4-5H2,1-3H3,(H,16,17,18,19). The van der Waals surface area contributed by atoms with Gasteiger partial charge < -0.3 is 14.8 Å². The summed E-state index contributed by atoms with van der Waals surface area (Å²) < 4.78 is 24.0. The topological polar surface area (TPSA) is 69.2 Å². The van der Waals surface area contributed by atoms with E-state index in [1.165, 1.54) is 18.2 Å². The fourth-order valence-electron chi connectivity index (χ4n) is 1.64. The fourth-order valence-corrected chi connectivity index (χ4v) is 1.64. The summed E-state index contributed by atoms with van der Waals surface area (Å²) >= 11 is 0. The van der Waals surface area contributed by atoms with Gasteiger partial charge in [-0.1, -0.05) is 0 Å². The third-order valence-corrected chi connectivity index (χ3v) is 2.54. The highest BCUT2D eigenvalue weighted by molar-refractivity contribution is 5.35. The Hall–Kier alpha value is -2.44. The van der Waals surface area contributed by atoms with E-state index in [1.807, 2.05) is 13.8 Å². The molecule has 6 nitrogen and oxygen atoms in total. The minimum Gasteiger partial charge on any atom is -0.464 e. The van der Waals surface area contributed by atoms with Gasteiger partial charge in [-0.2, -0.15) is 9.97 Å². The molecule has 0 amide bonds. The van der Waals surface area contributed by atoms with Crippen LogP contribution in [0.1, 0.15) is 19.4 Å². The van der Waals surface area contributed by atoms with Crippen LogP contribution in [0.5, 0.6) is 17.8 Å². The van der Waals surface area contributed by atoms with Crippen LogP contribution in [-0.4, -0.2) is 28.1 Å². The molecule has 2 rings (SSSR count). The zero-order valence-electron chi connectivity index (χ0n) is 12.2. The molecule has 7 heteroatoms. The number of aryl methyl sites for hydroxylation is 1. The van der Waals surface area contributed by atoms with E-state index in [0.29, 0.717) is 30.4 Å². The molecule has 21 heavy (non-hydrogen) atoms. The van der Waals surface area contributed by atoms with Gasteiger partial charge >= 0.3 is 12.0 Å². The Morgan fingerprint density at radius 3 is 2.57 bits per heavy atom. The molecule has 0 aliphatic carbocycles. The Labute approximate surface area is 122 Å². The van der Waals surface area contributed by atoms with Crippen LogP contribution in [-0.2, 0) is 0 Å². The van der Waals surface area contributed by atoms with Crippen LogP contribution < -0.4 is 14.8 Å². The van der Waals surface area contributed by atoms with Crippen molar-refractivity contribution < 1.29 is 13.9 Å². The predicted molar refractivity (Wildman–Crippen MR) is 76.4 cm³/mol. The number of anilines is 1. The van der Waals surface area contributed by atoms with Crippen molar-refractivity contribution in [2.45, 2.75) is 20.8 Å². The maximum Gasteiger partial charge on any atom is 0.330 e. The van der Waals surface area contributed by atoms with Gasteiger partial charge in [-0.05, 0) is 44.5 Å². The van der Waals surface area contributed by atoms with Crippen LogP contribution in [0.15, 0.2) is 18.2 Å². The Bertz CT molecular complexity index is 598. The zero-order valence-corrected chi connectivity index (χ0v) is 12.2. The van der Waals surface area contributed by atoms with Crippen LogP contribution in [0.3, 0.4) is 0 Å². The summed E-state index contributed by atoms with van der Waals surface area (Å²) in [4.78, 5) is 12.3. The smallest absolute Gasteiger partial charge is 0.330 e. The first-order valence-electron chi connectivity index (χ1n) is 6.69. The highest BCUT2D eigenvalue weighted by atomic mass is 19.1. The SMILES string of the molecule is CCNc1nc(OCC)nc(Oc2ccc(F)cc2C)n1. The number of aromatic nitrogens is 3. The van der Waals surface area contributed by atoms with Crippen LogP contribution >= 0.6 is 0 Å². The monoisotopic (exact) mass is 292 g/mol. The van der Waals surface area contributed by atoms with Crippen molar-refractivity contribution in [1.82, 2.24) is 15.0 Å². The number of ether oxygens (including phenoxy) is 2. The van der Waals surface area contributed by atoms with Crippen molar-refractivity contribution in [3.63, 3.8) is 0 Å². The van der Waals surface area contributed by atoms with Gasteiger partial charge in [-0.15, -0.1) is 4.98 Å². The lowest BCUT2D eigenvalue weighted by atomic mass is 10.2. The van der Waals surface area contributed by atoms with E-state index in [4.69, 9.17) is 9.47 Å². The molecule has 112 valence electrons. The molecule has 0 spiro atoms. The molecule has 0 radical (unpaired) electrons. The quantitative estimate of drug-likeness (QED) is 0.882. The van der Waals surface area contributed by atoms with E-state index in [1.54, 1.807) is 6.92 Å². The average Bonchev–Trinajstić information content (AvgIpc) is 2.42. The lowest BCUT2D eigenvalue weighted by molar-refractivity contribution is 0.303. The van der Waals surface area contributed by atoms with E-state index in [2.05, 4.69) is 20.3 Å². The minimum atomic E-state index is -0.321. The Kier molecular flexibility index (Phi) is 4.86. The van der Waals surface area contributed by atoms with E-state index in [9.17, 15) is 4.39 Å². The third-order valence-electron chi connectivity index (χ3n) is 2.54. The van der Waals surface area contributed by atoms with Crippen LogP contribution in [0.25, 0.3) is 0 Å². The molecule has 0 saturated heterocycles. The Morgan fingerprint density at radius 2 is 1.90 bits per heavy atom. The second-order valence-corrected chi connectivity index (χ2v) is 4.20. The summed E-state index contributed by atoms with van der Waals surface area (Å²) in [5, 5.41) is 2.97. The van der Waals surface area contributed by atoms with Gasteiger partial charge in [0, 0.05) is 6.54 Å². The normalized spacial score (nSPS) is 10.3. The summed E-state index contributed by atoms with van der Waals surface area (Å²) in [5.74, 6) is 0.525. The lowest BCUT2D eigenvalue weighted by Crippen LogP contribution is -2.07. The second kappa shape index (κ2) is 6.83. The van der Waals surface area contributed by atoms with Crippen molar-refractivity contribution in [1.29, 1.82) is 0 Å². The van der Waals surface area contributed by atoms with E-state index >= 15 is 0 Å². The molecular weight excluding hydrogens is 275 g/mol. The van der Waals surface area contributed by atoms with Gasteiger partial charge in [0.1, 0.15) is 11.6 Å². The average molecular weight is 292 g/mol. The predicted octanol–water partition coefficient (Wildman–Crippen LogP) is 2.94. The van der Waals surface area contributed by atoms with Crippen molar-refractivity contribution in [3.05, 3.63) is 29.6 Å². The highest BCUT2D eigenvalue weighted by Crippen LogP contribution is 2.24. The summed E-state index contributed by atoms with van der Waals surface area (Å²) in [7, 11) is 0. The van der Waals surface area contributed by atoms with E-state index in [-0.39, 0.29) is 17.8 Å². The van der Waals surface area contributed by atoms with Crippen LogP contribution in [0, 0.1) is 12.7 Å². The van der Waals surface area contributed by atoms with Gasteiger partial charge in [0.25, 0.3) is 0 Å². The Balaban J connectivity index is 2.29. The van der Waals surface area contributed by atoms with Crippen molar-refractivity contribution in [2.24, 2.45) is 0 Å². The maximum absolute atomic E-state index is 13.1. The van der Waals surface area contributed by atoms with Gasteiger partial charge in [-0.25, -0.2) is 4.39 Å². The molecule has 1 aromatic carbocycles. The molecule has 0 bridgehead atoms. The van der Waals surface area contributed by atoms with Crippen LogP contribution in [0.4, 0.5) is 10.3 Å². The molecule has 0 saturated carbocycles. The zero-order chi connectivity index (χ0) is 15.2. The molecule has 0 aliphatic heterocycles. The number of nitrogens with one attached hydrogen (secondary N) is 1. The summed E-state index contributed by atoms with van der Waals surface area (Å²) in [6.07, 6.45) is 0. The van der Waals surface area contributed by atoms with Gasteiger partial charge in [0.15, 0.2) is 0 Å². The molecule has 1 aromatic heterocycles. The van der Waals surface area contributed by atoms with Gasteiger partial charge in [0.05, 0.1) is 6.61 Å². The second-order valence-electron chi connectivity index (χ2n) is 4.20. The summed E-state index contributed by atoms with van der Waals surface area (Å²) in [6, 6.07) is 4.50. The minimum absolute atomic E-state index is 0.0964. The molecule has 0 unspecified atom stereocenters.